The summed E-state index contributed by atoms with van der Waals surface area (Å²) in [6, 6.07) is 1.24. The van der Waals surface area contributed by atoms with Crippen molar-refractivity contribution < 1.29 is 66.3 Å². The van der Waals surface area contributed by atoms with E-state index in [0.29, 0.717) is 19.3 Å². The number of hydrogen-bond donors (Lipinski definition) is 5. The van der Waals surface area contributed by atoms with Gasteiger partial charge in [-0.3, -0.25) is 23.2 Å². The summed E-state index contributed by atoms with van der Waals surface area (Å²) in [6.07, 6.45) is 37.4. The van der Waals surface area contributed by atoms with Crippen LogP contribution in [0.2, 0.25) is 0 Å². The monoisotopic (exact) mass is 1030 g/mol. The third-order valence-electron chi connectivity index (χ3n) is 11.1. The van der Waals surface area contributed by atoms with E-state index < -0.39 is 83.7 Å². The summed E-state index contributed by atoms with van der Waals surface area (Å²) in [5.41, 5.74) is 4.58. The van der Waals surface area contributed by atoms with Gasteiger partial charge < -0.3 is 39.9 Å². The summed E-state index contributed by atoms with van der Waals surface area (Å²) in [5, 5.41) is 20.9. The number of hydrogen-bond acceptors (Lipinski definition) is 15. The molecule has 0 amide bonds. The number of carbonyl (C=O) groups is 2. The first-order valence-corrected chi connectivity index (χ1v) is 28.3. The Morgan fingerprint density at radius 2 is 1.17 bits per heavy atom. The van der Waals surface area contributed by atoms with Gasteiger partial charge in [-0.2, -0.15) is 9.29 Å². The minimum atomic E-state index is -5.44. The molecule has 7 atom stereocenters. The van der Waals surface area contributed by atoms with Crippen LogP contribution in [0.5, 0.6) is 0 Å². The number of allylic oxidation sites excluding steroid dienone is 10. The number of carbonyl (C=O) groups excluding carboxylic acids is 2. The van der Waals surface area contributed by atoms with E-state index in [2.05, 4.69) is 71.8 Å². The van der Waals surface area contributed by atoms with E-state index in [4.69, 9.17) is 29.0 Å². The number of aliphatic hydroxyl groups excluding tert-OH is 2. The quantitative estimate of drug-likeness (QED) is 0.0177. The molecule has 1 fully saturated rings. The molecule has 20 heteroatoms. The molecule has 6 N–H and O–H groups in total. The highest BCUT2D eigenvalue weighted by molar-refractivity contribution is 7.61. The number of unbranched alkanes of at least 4 members (excludes halogenated alkanes) is 15. The maximum atomic E-state index is 12.8. The number of anilines is 1. The van der Waals surface area contributed by atoms with Crippen molar-refractivity contribution in [3.63, 3.8) is 0 Å². The first-order chi connectivity index (χ1) is 33.7. The zero-order valence-corrected chi connectivity index (χ0v) is 43.3. The van der Waals surface area contributed by atoms with Crippen LogP contribution in [0.25, 0.3) is 0 Å². The van der Waals surface area contributed by atoms with Gasteiger partial charge in [-0.15, -0.1) is 0 Å². The fourth-order valence-corrected chi connectivity index (χ4v) is 9.23. The van der Waals surface area contributed by atoms with Crippen molar-refractivity contribution in [1.82, 2.24) is 9.55 Å². The fraction of sp³-hybridized carbons (Fsp3) is 0.680. The van der Waals surface area contributed by atoms with E-state index in [9.17, 15) is 43.5 Å². The van der Waals surface area contributed by atoms with Crippen LogP contribution in [0, 0.1) is 0 Å². The van der Waals surface area contributed by atoms with Crippen molar-refractivity contribution in [2.45, 2.75) is 199 Å². The molecule has 0 spiro atoms. The molecule has 1 aromatic rings. The van der Waals surface area contributed by atoms with Crippen LogP contribution in [-0.2, 0) is 46.3 Å². The number of nitrogen functional groups attached to an aromatic ring is 1. The van der Waals surface area contributed by atoms with Crippen LogP contribution in [0.4, 0.5) is 5.82 Å². The van der Waals surface area contributed by atoms with Crippen molar-refractivity contribution >= 4 is 33.4 Å². The molecular weight excluding hydrogens is 945 g/mol. The molecule has 3 unspecified atom stereocenters. The van der Waals surface area contributed by atoms with Gasteiger partial charge in [-0.25, -0.2) is 13.9 Å². The van der Waals surface area contributed by atoms with Crippen molar-refractivity contribution in [3.05, 3.63) is 83.5 Å². The molecule has 1 aliphatic heterocycles. The zero-order valence-electron chi connectivity index (χ0n) is 41.6. The number of aromatic nitrogens is 2. The molecule has 1 aliphatic rings. The summed E-state index contributed by atoms with van der Waals surface area (Å²) in [5.74, 6) is -1.38. The van der Waals surface area contributed by atoms with Crippen molar-refractivity contribution in [2.24, 2.45) is 0 Å². The molecule has 398 valence electrons. The smallest absolute Gasteiger partial charge is 0.462 e. The molecule has 0 saturated carbocycles. The molecule has 0 bridgehead atoms. The van der Waals surface area contributed by atoms with Crippen LogP contribution in [0.1, 0.15) is 174 Å². The Morgan fingerprint density at radius 3 is 1.77 bits per heavy atom. The normalized spacial score (nSPS) is 19.7. The summed E-state index contributed by atoms with van der Waals surface area (Å²) < 4.78 is 56.7. The highest BCUT2D eigenvalue weighted by Crippen LogP contribution is 2.60. The van der Waals surface area contributed by atoms with E-state index in [1.165, 1.54) is 63.9 Å². The second kappa shape index (κ2) is 38.1. The van der Waals surface area contributed by atoms with E-state index in [-0.39, 0.29) is 18.7 Å². The summed E-state index contributed by atoms with van der Waals surface area (Å²) >= 11 is 0. The van der Waals surface area contributed by atoms with Crippen LogP contribution < -0.4 is 11.4 Å². The lowest BCUT2D eigenvalue weighted by molar-refractivity contribution is -0.161. The van der Waals surface area contributed by atoms with Crippen LogP contribution in [-0.4, -0.2) is 85.7 Å². The largest absolute Gasteiger partial charge is 0.481 e. The van der Waals surface area contributed by atoms with Gasteiger partial charge in [-0.1, -0.05) is 139 Å². The Bertz CT molecular complexity index is 1910. The van der Waals surface area contributed by atoms with E-state index in [1.54, 1.807) is 0 Å². The van der Waals surface area contributed by atoms with E-state index in [0.717, 1.165) is 75.0 Å². The molecule has 0 aromatic carbocycles. The number of ether oxygens (including phenoxy) is 3. The highest BCUT2D eigenvalue weighted by atomic mass is 31.3. The van der Waals surface area contributed by atoms with Gasteiger partial charge in [0.25, 0.3) is 0 Å². The number of esters is 2. The zero-order chi connectivity index (χ0) is 51.3. The number of rotatable bonds is 41. The molecule has 0 aliphatic carbocycles. The molecule has 2 rings (SSSR count). The lowest BCUT2D eigenvalue weighted by Crippen LogP contribution is -2.36. The Labute approximate surface area is 415 Å². The third kappa shape index (κ3) is 30.4. The lowest BCUT2D eigenvalue weighted by Gasteiger charge is -2.21. The average Bonchev–Trinajstić information content (AvgIpc) is 3.59. The predicted octanol–water partition coefficient (Wildman–Crippen LogP) is 10.3. The van der Waals surface area contributed by atoms with E-state index in [1.807, 2.05) is 12.2 Å². The number of nitrogens with two attached hydrogens (primary N) is 1. The molecule has 1 aromatic heterocycles. The SMILES string of the molecule is CCCCC/C=C\C/C=C\C/C=C\C/C=C\CCCC(=O)O[C@H](COC(=O)CCCCCCC/C=C\CCCCCCCC)COP(=O)(O)OP(=O)(O)OC[C@H]1O[C@@H](n2ccc(N)nc2=O)C(O)[C@H]1O. The van der Waals surface area contributed by atoms with Gasteiger partial charge in [0.15, 0.2) is 12.3 Å². The van der Waals surface area contributed by atoms with Crippen molar-refractivity contribution in [1.29, 1.82) is 0 Å². The van der Waals surface area contributed by atoms with Gasteiger partial charge in [0, 0.05) is 19.0 Å². The van der Waals surface area contributed by atoms with E-state index >= 15 is 0 Å². The summed E-state index contributed by atoms with van der Waals surface area (Å²) in [4.78, 5) is 61.9. The van der Waals surface area contributed by atoms with Crippen LogP contribution in [0.3, 0.4) is 0 Å². The minimum Gasteiger partial charge on any atom is -0.462 e. The van der Waals surface area contributed by atoms with Crippen molar-refractivity contribution in [2.75, 3.05) is 25.6 Å². The molecular formula is C50H83N3O15P2. The van der Waals surface area contributed by atoms with Crippen LogP contribution >= 0.6 is 15.6 Å². The number of nitrogens with zero attached hydrogens (tertiary/aromatic N) is 2. The molecule has 70 heavy (non-hydrogen) atoms. The number of phosphoric acid groups is 2. The second-order valence-electron chi connectivity index (χ2n) is 17.3. The maximum Gasteiger partial charge on any atom is 0.481 e. The Kier molecular flexibility index (Phi) is 34.1. The fourth-order valence-electron chi connectivity index (χ4n) is 7.12. The van der Waals surface area contributed by atoms with Gasteiger partial charge in [0.1, 0.15) is 30.7 Å². The molecule has 1 saturated heterocycles. The maximum absolute atomic E-state index is 12.8. The lowest BCUT2D eigenvalue weighted by atomic mass is 10.1. The molecule has 18 nitrogen and oxygen atoms in total. The van der Waals surface area contributed by atoms with Gasteiger partial charge in [0.05, 0.1) is 13.2 Å². The summed E-state index contributed by atoms with van der Waals surface area (Å²) in [7, 11) is -10.9. The second-order valence-corrected chi connectivity index (χ2v) is 20.4. The number of phosphoric ester groups is 2. The average molecular weight is 1030 g/mol. The number of aliphatic hydroxyl groups is 2. The first kappa shape index (κ1) is 62.6. The Balaban J connectivity index is 1.84. The molecule has 0 radical (unpaired) electrons. The summed E-state index contributed by atoms with van der Waals surface area (Å²) in [6.45, 7) is 2.06. The predicted molar refractivity (Wildman–Crippen MR) is 270 cm³/mol. The molecule has 2 heterocycles. The van der Waals surface area contributed by atoms with Gasteiger partial charge in [0.2, 0.25) is 0 Å². The van der Waals surface area contributed by atoms with Crippen LogP contribution in [0.15, 0.2) is 77.8 Å². The Morgan fingerprint density at radius 1 is 0.686 bits per heavy atom. The standard InChI is InChI=1S/C50H83N3O15P2/c1-3-5-7-9-11-13-15-17-19-20-22-24-26-28-30-32-34-36-46(55)66-42(39-63-45(54)35-33-31-29-27-25-23-21-18-16-14-12-10-8-6-4-2)40-64-69(59,60)68-70(61,62)65-41-43-47(56)48(57)49(67-43)53-38-37-44(51)52-50(53)58/h11,13,17-19,21-22,24,28,30,37-38,42-43,47-49,56-57H,3-10,12,14-16,20,23,25-27,29,31-36,39-41H2,1-2H3,(H,59,60)(H,61,62)(H2,51,52,58)/b13-11-,19-17-,21-18-,24-22-,30-28-/t42-,43-,47+,48?,49-/m1/s1. The van der Waals surface area contributed by atoms with Gasteiger partial charge in [-0.05, 0) is 83.1 Å². The van der Waals surface area contributed by atoms with Gasteiger partial charge >= 0.3 is 33.3 Å². The first-order valence-electron chi connectivity index (χ1n) is 25.3. The third-order valence-corrected chi connectivity index (χ3v) is 13.7. The Hall–Kier alpha value is -3.54. The topological polar surface area (TPSA) is 265 Å². The highest BCUT2D eigenvalue weighted by Gasteiger charge is 2.46. The van der Waals surface area contributed by atoms with Crippen molar-refractivity contribution in [3.8, 4) is 0 Å². The minimum absolute atomic E-state index is 0.0293.